The normalized spacial score (nSPS) is 10.1. The lowest BCUT2D eigenvalue weighted by atomic mass is 10.1. The topological polar surface area (TPSA) is 30.5 Å². The maximum Gasteiger partial charge on any atom is 0.122 e. The van der Waals surface area contributed by atoms with E-state index in [0.29, 0.717) is 6.73 Å². The first-order chi connectivity index (χ1) is 6.88. The molecule has 0 heterocycles. The van der Waals surface area contributed by atoms with Gasteiger partial charge in [-0.05, 0) is 18.1 Å². The molecule has 0 aliphatic carbocycles. The average molecular weight is 195 g/mol. The summed E-state index contributed by atoms with van der Waals surface area (Å²) >= 11 is 0. The third kappa shape index (κ3) is 3.36. The molecule has 0 aromatic heterocycles. The molecule has 0 aliphatic rings. The molecular weight excluding hydrogens is 178 g/mol. The molecule has 0 radical (unpaired) electrons. The van der Waals surface area contributed by atoms with Crippen LogP contribution in [0.3, 0.4) is 0 Å². The Bertz CT molecular complexity index is 263. The third-order valence-corrected chi connectivity index (χ3v) is 2.01. The van der Waals surface area contributed by atoms with Crippen molar-refractivity contribution in [3.63, 3.8) is 0 Å². The zero-order valence-corrected chi connectivity index (χ0v) is 8.75. The van der Waals surface area contributed by atoms with Crippen LogP contribution in [0.1, 0.15) is 5.56 Å². The van der Waals surface area contributed by atoms with Crippen molar-refractivity contribution in [3.05, 3.63) is 29.8 Å². The van der Waals surface area contributed by atoms with Gasteiger partial charge in [0, 0.05) is 13.7 Å². The smallest absolute Gasteiger partial charge is 0.122 e. The zero-order valence-electron chi connectivity index (χ0n) is 8.75. The van der Waals surface area contributed by atoms with Gasteiger partial charge in [0.25, 0.3) is 0 Å². The highest BCUT2D eigenvalue weighted by Crippen LogP contribution is 2.16. The van der Waals surface area contributed by atoms with E-state index >= 15 is 0 Å². The number of rotatable bonds is 6. The molecule has 3 heteroatoms. The van der Waals surface area contributed by atoms with Crippen molar-refractivity contribution in [2.75, 3.05) is 27.5 Å². The van der Waals surface area contributed by atoms with Gasteiger partial charge >= 0.3 is 0 Å². The molecule has 1 aromatic carbocycles. The molecule has 0 spiro atoms. The van der Waals surface area contributed by atoms with Crippen molar-refractivity contribution in [2.24, 2.45) is 0 Å². The quantitative estimate of drug-likeness (QED) is 0.550. The lowest BCUT2D eigenvalue weighted by molar-refractivity contribution is 0.176. The summed E-state index contributed by atoms with van der Waals surface area (Å²) in [5.74, 6) is 0.951. The molecule has 0 atom stereocenters. The Labute approximate surface area is 85.0 Å². The van der Waals surface area contributed by atoms with Gasteiger partial charge in [-0.15, -0.1) is 0 Å². The molecule has 0 saturated carbocycles. The van der Waals surface area contributed by atoms with E-state index in [1.165, 1.54) is 5.56 Å². The summed E-state index contributed by atoms with van der Waals surface area (Å²) in [7, 11) is 3.37. The molecule has 0 aliphatic heterocycles. The van der Waals surface area contributed by atoms with Gasteiger partial charge in [-0.25, -0.2) is 0 Å². The number of nitrogens with one attached hydrogen (secondary N) is 1. The van der Waals surface area contributed by atoms with E-state index in [9.17, 15) is 0 Å². The molecular formula is C11H17NO2. The number of methoxy groups -OCH3 is 2. The van der Waals surface area contributed by atoms with Crippen molar-refractivity contribution >= 4 is 0 Å². The van der Waals surface area contributed by atoms with Crippen LogP contribution < -0.4 is 10.1 Å². The minimum Gasteiger partial charge on any atom is -0.496 e. The average Bonchev–Trinajstić information content (AvgIpc) is 2.25. The summed E-state index contributed by atoms with van der Waals surface area (Å²) in [5, 5.41) is 3.16. The van der Waals surface area contributed by atoms with E-state index in [0.717, 1.165) is 18.7 Å². The van der Waals surface area contributed by atoms with Crippen LogP contribution in [0.15, 0.2) is 24.3 Å². The fourth-order valence-corrected chi connectivity index (χ4v) is 1.31. The highest BCUT2D eigenvalue weighted by molar-refractivity contribution is 5.33. The Morgan fingerprint density at radius 2 is 2.00 bits per heavy atom. The minimum absolute atomic E-state index is 0.592. The van der Waals surface area contributed by atoms with E-state index in [1.807, 2.05) is 18.2 Å². The van der Waals surface area contributed by atoms with Gasteiger partial charge < -0.3 is 9.47 Å². The van der Waals surface area contributed by atoms with Crippen LogP contribution in [-0.2, 0) is 11.2 Å². The molecule has 0 amide bonds. The summed E-state index contributed by atoms with van der Waals surface area (Å²) in [5.41, 5.74) is 1.22. The van der Waals surface area contributed by atoms with E-state index in [1.54, 1.807) is 14.2 Å². The first kappa shape index (κ1) is 11.0. The molecule has 3 nitrogen and oxygen atoms in total. The maximum absolute atomic E-state index is 5.24. The van der Waals surface area contributed by atoms with Gasteiger partial charge in [0.1, 0.15) is 5.75 Å². The summed E-state index contributed by atoms with van der Waals surface area (Å²) in [6, 6.07) is 8.05. The standard InChI is InChI=1S/C11H17NO2/c1-13-9-12-8-7-10-5-3-4-6-11(10)14-2/h3-6,12H,7-9H2,1-2H3. The summed E-state index contributed by atoms with van der Waals surface area (Å²) in [4.78, 5) is 0. The molecule has 0 fully saturated rings. The fourth-order valence-electron chi connectivity index (χ4n) is 1.31. The Morgan fingerprint density at radius 3 is 2.71 bits per heavy atom. The zero-order chi connectivity index (χ0) is 10.2. The monoisotopic (exact) mass is 195 g/mol. The highest BCUT2D eigenvalue weighted by Gasteiger charge is 1.99. The largest absolute Gasteiger partial charge is 0.496 e. The molecule has 1 N–H and O–H groups in total. The molecule has 78 valence electrons. The predicted molar refractivity (Wildman–Crippen MR) is 56.6 cm³/mol. The second kappa shape index (κ2) is 6.40. The number of benzene rings is 1. The van der Waals surface area contributed by atoms with Gasteiger partial charge in [0.2, 0.25) is 0 Å². The lowest BCUT2D eigenvalue weighted by Gasteiger charge is -2.08. The number of para-hydroxylation sites is 1. The van der Waals surface area contributed by atoms with Crippen molar-refractivity contribution in [1.29, 1.82) is 0 Å². The molecule has 0 bridgehead atoms. The first-order valence-corrected chi connectivity index (χ1v) is 4.70. The number of hydrogen-bond acceptors (Lipinski definition) is 3. The maximum atomic E-state index is 5.24. The minimum atomic E-state index is 0.592. The van der Waals surface area contributed by atoms with Crippen LogP contribution in [0, 0.1) is 0 Å². The highest BCUT2D eigenvalue weighted by atomic mass is 16.5. The molecule has 0 unspecified atom stereocenters. The van der Waals surface area contributed by atoms with Crippen molar-refractivity contribution in [2.45, 2.75) is 6.42 Å². The van der Waals surface area contributed by atoms with Crippen LogP contribution >= 0.6 is 0 Å². The van der Waals surface area contributed by atoms with E-state index in [-0.39, 0.29) is 0 Å². The van der Waals surface area contributed by atoms with Gasteiger partial charge in [-0.2, -0.15) is 0 Å². The number of hydrogen-bond donors (Lipinski definition) is 1. The van der Waals surface area contributed by atoms with Crippen LogP contribution in [0.5, 0.6) is 5.75 Å². The Morgan fingerprint density at radius 1 is 1.21 bits per heavy atom. The predicted octanol–water partition coefficient (Wildman–Crippen LogP) is 1.43. The van der Waals surface area contributed by atoms with Crippen molar-refractivity contribution in [1.82, 2.24) is 5.32 Å². The van der Waals surface area contributed by atoms with Crippen LogP contribution in [0.2, 0.25) is 0 Å². The molecule has 1 rings (SSSR count). The Hall–Kier alpha value is -1.06. The van der Waals surface area contributed by atoms with Crippen molar-refractivity contribution < 1.29 is 9.47 Å². The second-order valence-corrected chi connectivity index (χ2v) is 2.99. The Balaban J connectivity index is 2.41. The molecule has 1 aromatic rings. The SMILES string of the molecule is COCNCCc1ccccc1OC. The summed E-state index contributed by atoms with van der Waals surface area (Å²) < 4.78 is 10.1. The van der Waals surface area contributed by atoms with Crippen LogP contribution in [-0.4, -0.2) is 27.5 Å². The fraction of sp³-hybridized carbons (Fsp3) is 0.455. The summed E-state index contributed by atoms with van der Waals surface area (Å²) in [6.07, 6.45) is 0.952. The number of ether oxygens (including phenoxy) is 2. The second-order valence-electron chi connectivity index (χ2n) is 2.99. The van der Waals surface area contributed by atoms with E-state index in [4.69, 9.17) is 9.47 Å². The van der Waals surface area contributed by atoms with Gasteiger partial charge in [-0.1, -0.05) is 18.2 Å². The third-order valence-electron chi connectivity index (χ3n) is 2.01. The van der Waals surface area contributed by atoms with Gasteiger partial charge in [0.05, 0.1) is 13.8 Å². The van der Waals surface area contributed by atoms with Gasteiger partial charge in [-0.3, -0.25) is 5.32 Å². The molecule has 14 heavy (non-hydrogen) atoms. The Kier molecular flexibility index (Phi) is 5.04. The molecule has 0 saturated heterocycles. The summed E-state index contributed by atoms with van der Waals surface area (Å²) in [6.45, 7) is 1.49. The van der Waals surface area contributed by atoms with Crippen LogP contribution in [0.25, 0.3) is 0 Å². The lowest BCUT2D eigenvalue weighted by Crippen LogP contribution is -2.19. The van der Waals surface area contributed by atoms with E-state index < -0.39 is 0 Å². The van der Waals surface area contributed by atoms with Crippen LogP contribution in [0.4, 0.5) is 0 Å². The first-order valence-electron chi connectivity index (χ1n) is 4.70. The van der Waals surface area contributed by atoms with E-state index in [2.05, 4.69) is 11.4 Å². The van der Waals surface area contributed by atoms with Crippen molar-refractivity contribution in [3.8, 4) is 5.75 Å². The van der Waals surface area contributed by atoms with Gasteiger partial charge in [0.15, 0.2) is 0 Å².